The van der Waals surface area contributed by atoms with Gasteiger partial charge in [-0.1, -0.05) is 211 Å². The lowest BCUT2D eigenvalue weighted by atomic mass is 9.54. The number of nitrogens with one attached hydrogen (secondary N) is 1. The van der Waals surface area contributed by atoms with E-state index >= 15 is 0 Å². The van der Waals surface area contributed by atoms with Crippen molar-refractivity contribution in [2.45, 2.75) is 117 Å². The fraction of sp³-hybridized carbons (Fsp3) is 0.319. The van der Waals surface area contributed by atoms with Crippen LogP contribution in [0.1, 0.15) is 149 Å². The molecule has 4 saturated heterocycles. The molecule has 4 aliphatic heterocycles. The van der Waals surface area contributed by atoms with Crippen LogP contribution < -0.4 is 5.32 Å². The monoisotopic (exact) mass is 1960 g/mol. The first-order valence-corrected chi connectivity index (χ1v) is 44.6. The quantitative estimate of drug-likeness (QED) is 0.113. The number of ether oxygens (including phenoxy) is 2. The Morgan fingerprint density at radius 1 is 0.350 bits per heavy atom. The van der Waals surface area contributed by atoms with E-state index in [1.54, 1.807) is 99.6 Å². The minimum Gasteiger partial charge on any atom is -0.444 e. The van der Waals surface area contributed by atoms with Crippen LogP contribution in [0.5, 0.6) is 0 Å². The average molecular weight is 1960 g/mol. The minimum absolute atomic E-state index is 0. The number of amides is 3. The van der Waals surface area contributed by atoms with E-state index in [9.17, 15) is 38.4 Å². The van der Waals surface area contributed by atoms with Crippen LogP contribution in [0.15, 0.2) is 173 Å². The van der Waals surface area contributed by atoms with Crippen molar-refractivity contribution in [2.75, 3.05) is 52.4 Å². The molecule has 1 N–H and O–H groups in total. The molecule has 0 aromatic heterocycles. The smallest absolute Gasteiger partial charge is 0.410 e. The molecule has 123 heavy (non-hydrogen) atoms. The highest BCUT2D eigenvalue weighted by Crippen LogP contribution is 2.60. The zero-order valence-corrected chi connectivity index (χ0v) is 79.2. The van der Waals surface area contributed by atoms with Crippen LogP contribution in [0.4, 0.5) is 9.59 Å². The van der Waals surface area contributed by atoms with Crippen molar-refractivity contribution in [2.24, 2.45) is 21.7 Å². The van der Waals surface area contributed by atoms with E-state index in [0.717, 1.165) is 116 Å². The Bertz CT molecular complexity index is 5280. The fourth-order valence-electron chi connectivity index (χ4n) is 16.1. The molecule has 7 aromatic carbocycles. The summed E-state index contributed by atoms with van der Waals surface area (Å²) in [6.07, 6.45) is 20.4. The maximum absolute atomic E-state index is 13.4. The van der Waals surface area contributed by atoms with Crippen molar-refractivity contribution < 1.29 is 47.8 Å². The maximum Gasteiger partial charge on any atom is 0.410 e. The van der Waals surface area contributed by atoms with Gasteiger partial charge in [0.2, 0.25) is 5.91 Å². The molecule has 14 nitrogen and oxygen atoms in total. The number of hydrogen-bond donors (Lipinski definition) is 1. The second-order valence-electron chi connectivity index (χ2n) is 33.0. The van der Waals surface area contributed by atoms with Crippen molar-refractivity contribution in [3.05, 3.63) is 283 Å². The summed E-state index contributed by atoms with van der Waals surface area (Å²) in [5.74, 6) is 0.281. The largest absolute Gasteiger partial charge is 0.444 e. The van der Waals surface area contributed by atoms with Gasteiger partial charge < -0.3 is 29.5 Å². The number of halogens is 15. The molecule has 8 fully saturated rings. The van der Waals surface area contributed by atoms with Crippen LogP contribution in [-0.4, -0.2) is 126 Å². The topological polar surface area (TPSA) is 177 Å². The molecule has 0 bridgehead atoms. The van der Waals surface area contributed by atoms with Gasteiger partial charge in [-0.15, -0.1) is 12.4 Å². The summed E-state index contributed by atoms with van der Waals surface area (Å²) in [4.78, 5) is 103. The van der Waals surface area contributed by atoms with Crippen LogP contribution in [0.2, 0.25) is 70.3 Å². The van der Waals surface area contributed by atoms with Crippen LogP contribution in [0, 0.1) is 21.7 Å². The molecule has 4 aliphatic carbocycles. The number of likely N-dealkylation sites (tertiary alicyclic amines) is 3. The van der Waals surface area contributed by atoms with Crippen LogP contribution in [0.25, 0.3) is 36.5 Å². The molecular weight excluding hydrogens is 1880 g/mol. The average Bonchev–Trinajstić information content (AvgIpc) is 0.687. The van der Waals surface area contributed by atoms with Gasteiger partial charge in [-0.3, -0.25) is 28.8 Å². The van der Waals surface area contributed by atoms with E-state index in [1.165, 1.54) is 12.1 Å². The Hall–Kier alpha value is -6.61. The van der Waals surface area contributed by atoms with Gasteiger partial charge in [0.05, 0.1) is 70.3 Å². The van der Waals surface area contributed by atoms with Crippen molar-refractivity contribution in [3.63, 3.8) is 0 Å². The first-order valence-electron chi connectivity index (χ1n) is 39.3. The summed E-state index contributed by atoms with van der Waals surface area (Å²) in [7, 11) is 0. The van der Waals surface area contributed by atoms with Crippen LogP contribution in [-0.2, 0) is 33.4 Å². The van der Waals surface area contributed by atoms with Gasteiger partial charge >= 0.3 is 12.2 Å². The highest BCUT2D eigenvalue weighted by molar-refractivity contribution is 6.45. The second kappa shape index (κ2) is 41.7. The Kier molecular flexibility index (Phi) is 33.4. The molecule has 15 rings (SSSR count). The molecule has 0 radical (unpaired) electrons. The van der Waals surface area contributed by atoms with E-state index < -0.39 is 22.0 Å². The van der Waals surface area contributed by atoms with Gasteiger partial charge in [-0.25, -0.2) is 9.59 Å². The Labute approximate surface area is 793 Å². The normalized spacial score (nSPS) is 19.7. The molecule has 4 saturated carbocycles. The number of benzene rings is 7. The van der Waals surface area contributed by atoms with Crippen LogP contribution >= 0.6 is 175 Å². The van der Waals surface area contributed by atoms with E-state index in [1.807, 2.05) is 114 Å². The number of aldehydes is 1. The van der Waals surface area contributed by atoms with Crippen molar-refractivity contribution >= 4 is 259 Å². The van der Waals surface area contributed by atoms with E-state index in [4.69, 9.17) is 172 Å². The number of ketones is 4. The predicted octanol–water partition coefficient (Wildman–Crippen LogP) is 27.8. The SMILES string of the molecule is C=CC(=O)N1CCC2(CC1)/C(=C\c1ccc(Cl)c(Cl)c1)C(=O)/C2=C/c1ccc(Cl)c(Cl)c1.CC(C)(C)OC(=O)N1CCC2(CC1)/C(=C\c1ccc(Cl)c(Cl)c1)C(=O)/C2=C/c1ccc(Cl)c(Cl)c1.CC(C)(C)OC(=O)N1CCC2(CC1)CC(=O)C2.Cl.O=C1/C(=C/c2ccc(Cl)c(Cl)c2)C2(CCNCC2)/C1=C\c1ccc(Cl)c(Cl)c1.O=Cc1ccc(Cl)c(Cl)c1. The highest BCUT2D eigenvalue weighted by atomic mass is 35.5. The van der Waals surface area contributed by atoms with E-state index in [-0.39, 0.29) is 58.7 Å². The van der Waals surface area contributed by atoms with E-state index in [0.29, 0.717) is 156 Å². The second-order valence-corrected chi connectivity index (χ2v) is 38.7. The fourth-order valence-corrected chi connectivity index (χ4v) is 18.3. The number of hydrogen-bond acceptors (Lipinski definition) is 11. The standard InChI is InChI=1S/C27H25Cl4NO3.C25H19Cl4NO2.C22H17Cl4NO.C13H21NO3.C7H4Cl2O.ClH/c1-26(2,3)35-25(34)32-10-8-27(9-11-32)18(12-16-4-6-20(28)22(30)14-16)24(33)19(27)13-17-5-7-21(29)23(31)15-17;1-2-23(31)30-9-7-25(8-10-30)17(11-15-3-5-19(26)21(28)13-15)24(32)18(25)12-16-4-6-20(27)22(29)14-16;23-17-3-1-13(11-19(17)25)9-15-21(28)16(22(15)5-7-27-8-6-22)10-14-2-4-18(24)20(26)12-14;1-12(2,3)17-11(16)14-6-4-13(5-7-14)8-10(15)9-13;8-6-2-1-5(4-10)3-7(6)9;/h4-7,12-15H,8-11H2,1-3H3;2-6,11-14H,1,7-10H2;1-4,9-12,27H,5-8H2;4-9H2,1-3H3;1-4H;1H/b18-12-,19-13-;17-11-,18-12-;15-9-,16-10-;;;. The Morgan fingerprint density at radius 2 is 0.577 bits per heavy atom. The molecule has 4 spiro atoms. The first kappa shape index (κ1) is 98.6. The lowest BCUT2D eigenvalue weighted by Crippen LogP contribution is -2.53. The number of Topliss-reactive ketones (excluding diaryl/α,β-unsaturated/α-hetero) is 4. The van der Waals surface area contributed by atoms with Crippen molar-refractivity contribution in [3.8, 4) is 0 Å². The summed E-state index contributed by atoms with van der Waals surface area (Å²) >= 11 is 84.5. The third-order valence-electron chi connectivity index (χ3n) is 22.6. The zero-order chi connectivity index (χ0) is 88.7. The predicted molar refractivity (Wildman–Crippen MR) is 507 cm³/mol. The summed E-state index contributed by atoms with van der Waals surface area (Å²) in [6.45, 7) is 19.9. The van der Waals surface area contributed by atoms with Gasteiger partial charge in [0, 0.05) is 107 Å². The molecule has 648 valence electrons. The Balaban J connectivity index is 0.000000168. The molecule has 29 heteroatoms. The number of allylic oxidation sites excluding steroid dienone is 6. The molecule has 4 heterocycles. The number of carbonyl (C=O) groups excluding carboxylic acids is 8. The lowest BCUT2D eigenvalue weighted by Gasteiger charge is -2.50. The highest BCUT2D eigenvalue weighted by Gasteiger charge is 2.57. The van der Waals surface area contributed by atoms with Gasteiger partial charge in [-0.2, -0.15) is 0 Å². The van der Waals surface area contributed by atoms with Gasteiger partial charge in [0.1, 0.15) is 23.3 Å². The van der Waals surface area contributed by atoms with E-state index in [2.05, 4.69) is 11.9 Å². The molecule has 3 amide bonds. The van der Waals surface area contributed by atoms with Gasteiger partial charge in [-0.05, 0) is 272 Å². The van der Waals surface area contributed by atoms with Gasteiger partial charge in [0.25, 0.3) is 0 Å². The molecular formula is C94H87Cl15N4O10. The molecule has 7 aromatic rings. The molecule has 0 atom stereocenters. The number of nitrogens with zero attached hydrogens (tertiary/aromatic N) is 3. The number of carbonyl (C=O) groups is 8. The Morgan fingerprint density at radius 3 is 0.805 bits per heavy atom. The lowest BCUT2D eigenvalue weighted by molar-refractivity contribution is -0.135. The molecule has 8 aliphatic rings. The maximum atomic E-state index is 13.4. The first-order chi connectivity index (χ1) is 57.6. The summed E-state index contributed by atoms with van der Waals surface area (Å²) in [6, 6.07) is 36.7. The zero-order valence-electron chi connectivity index (χ0n) is 67.8. The number of rotatable bonds is 8. The van der Waals surface area contributed by atoms with Crippen molar-refractivity contribution in [1.82, 2.24) is 20.0 Å². The summed E-state index contributed by atoms with van der Waals surface area (Å²) < 4.78 is 10.9. The third-order valence-corrected chi connectivity index (χ3v) is 27.8. The summed E-state index contributed by atoms with van der Waals surface area (Å²) in [5, 5.41) is 9.75. The van der Waals surface area contributed by atoms with Gasteiger partial charge in [0.15, 0.2) is 17.3 Å². The third kappa shape index (κ3) is 23.7. The number of piperidine rings is 4. The van der Waals surface area contributed by atoms with Crippen LogP contribution in [0.3, 0.4) is 0 Å². The molecule has 0 unspecified atom stereocenters. The van der Waals surface area contributed by atoms with Crippen molar-refractivity contribution in [1.29, 1.82) is 0 Å². The minimum atomic E-state index is -0.573. The summed E-state index contributed by atoms with van der Waals surface area (Å²) in [5.41, 5.74) is 8.01.